The predicted molar refractivity (Wildman–Crippen MR) is 51.8 cm³/mol. The van der Waals surface area contributed by atoms with Crippen LogP contribution in [-0.2, 0) is 14.3 Å². The molecule has 3 rings (SSSR count). The summed E-state index contributed by atoms with van der Waals surface area (Å²) in [6.07, 6.45) is 3.55. The van der Waals surface area contributed by atoms with Crippen LogP contribution in [0.1, 0.15) is 12.8 Å². The van der Waals surface area contributed by atoms with Crippen molar-refractivity contribution in [1.29, 1.82) is 0 Å². The zero-order chi connectivity index (χ0) is 10.6. The Labute approximate surface area is 87.9 Å². The van der Waals surface area contributed by atoms with Gasteiger partial charge in [-0.3, -0.25) is 14.5 Å². The number of ether oxygens (including phenoxy) is 1. The van der Waals surface area contributed by atoms with Gasteiger partial charge in [-0.15, -0.1) is 6.58 Å². The Morgan fingerprint density at radius 3 is 2.27 bits per heavy atom. The highest BCUT2D eigenvalue weighted by molar-refractivity contribution is 6.05. The van der Waals surface area contributed by atoms with Gasteiger partial charge in [0.1, 0.15) is 0 Å². The van der Waals surface area contributed by atoms with Crippen LogP contribution in [0.4, 0.5) is 0 Å². The standard InChI is InChI=1S/C11H13NO3/c1-2-3-12-10(13)6-4-8-9(15-8)5-7(6)11(12)14/h2,6-9H,1,3-5H2/t6-,7+,8-,9+. The molecule has 80 valence electrons. The van der Waals surface area contributed by atoms with Gasteiger partial charge in [-0.25, -0.2) is 0 Å². The van der Waals surface area contributed by atoms with Crippen LogP contribution in [0, 0.1) is 11.8 Å². The van der Waals surface area contributed by atoms with Crippen LogP contribution in [0.5, 0.6) is 0 Å². The van der Waals surface area contributed by atoms with Crippen molar-refractivity contribution in [3.8, 4) is 0 Å². The third kappa shape index (κ3) is 1.17. The van der Waals surface area contributed by atoms with E-state index in [0.29, 0.717) is 6.54 Å². The fraction of sp³-hybridized carbons (Fsp3) is 0.636. The minimum atomic E-state index is -0.124. The molecule has 2 aliphatic heterocycles. The molecule has 3 fully saturated rings. The van der Waals surface area contributed by atoms with Gasteiger partial charge in [-0.2, -0.15) is 0 Å². The molecule has 0 N–H and O–H groups in total. The number of carbonyl (C=O) groups is 2. The second-order valence-electron chi connectivity index (χ2n) is 4.47. The summed E-state index contributed by atoms with van der Waals surface area (Å²) >= 11 is 0. The van der Waals surface area contributed by atoms with Gasteiger partial charge in [0.15, 0.2) is 0 Å². The van der Waals surface area contributed by atoms with Gasteiger partial charge in [-0.1, -0.05) is 6.08 Å². The molecule has 0 aromatic heterocycles. The third-order valence-corrected chi connectivity index (χ3v) is 3.62. The summed E-state index contributed by atoms with van der Waals surface area (Å²) in [5.74, 6) is -0.305. The highest BCUT2D eigenvalue weighted by Crippen LogP contribution is 2.46. The fourth-order valence-electron chi connectivity index (χ4n) is 2.79. The number of hydrogen-bond acceptors (Lipinski definition) is 3. The Bertz CT molecular complexity index is 324. The monoisotopic (exact) mass is 207 g/mol. The number of fused-ring (bicyclic) bond motifs is 2. The highest BCUT2D eigenvalue weighted by Gasteiger charge is 2.57. The number of rotatable bonds is 2. The first-order chi connectivity index (χ1) is 7.22. The van der Waals surface area contributed by atoms with Crippen molar-refractivity contribution in [3.63, 3.8) is 0 Å². The van der Waals surface area contributed by atoms with Crippen molar-refractivity contribution in [2.45, 2.75) is 25.0 Å². The Kier molecular flexibility index (Phi) is 1.77. The average molecular weight is 207 g/mol. The van der Waals surface area contributed by atoms with Crippen molar-refractivity contribution in [3.05, 3.63) is 12.7 Å². The molecule has 0 aromatic carbocycles. The Morgan fingerprint density at radius 1 is 1.27 bits per heavy atom. The largest absolute Gasteiger partial charge is 0.370 e. The molecule has 2 heterocycles. The number of amides is 2. The van der Waals surface area contributed by atoms with E-state index in [2.05, 4.69) is 6.58 Å². The number of carbonyl (C=O) groups excluding carboxylic acids is 2. The van der Waals surface area contributed by atoms with Gasteiger partial charge >= 0.3 is 0 Å². The van der Waals surface area contributed by atoms with Gasteiger partial charge in [0.25, 0.3) is 0 Å². The fourth-order valence-corrected chi connectivity index (χ4v) is 2.79. The second kappa shape index (κ2) is 2.92. The van der Waals surface area contributed by atoms with Crippen LogP contribution in [0.3, 0.4) is 0 Å². The van der Waals surface area contributed by atoms with Crippen molar-refractivity contribution >= 4 is 11.8 Å². The minimum Gasteiger partial charge on any atom is -0.370 e. The quantitative estimate of drug-likeness (QED) is 0.372. The van der Waals surface area contributed by atoms with E-state index < -0.39 is 0 Å². The van der Waals surface area contributed by atoms with E-state index in [1.165, 1.54) is 4.90 Å². The Hall–Kier alpha value is -1.16. The van der Waals surface area contributed by atoms with Crippen LogP contribution in [0.15, 0.2) is 12.7 Å². The molecule has 0 bridgehead atoms. The van der Waals surface area contributed by atoms with Crippen molar-refractivity contribution in [1.82, 2.24) is 4.90 Å². The molecule has 2 amide bonds. The third-order valence-electron chi connectivity index (χ3n) is 3.62. The molecule has 0 spiro atoms. The van der Waals surface area contributed by atoms with Gasteiger partial charge in [0, 0.05) is 6.54 Å². The summed E-state index contributed by atoms with van der Waals surface area (Å²) in [6, 6.07) is 0. The summed E-state index contributed by atoms with van der Waals surface area (Å²) in [5, 5.41) is 0. The van der Waals surface area contributed by atoms with Crippen molar-refractivity contribution in [2.75, 3.05) is 6.54 Å². The lowest BCUT2D eigenvalue weighted by atomic mass is 9.81. The van der Waals surface area contributed by atoms with Gasteiger partial charge in [0.2, 0.25) is 11.8 Å². The lowest BCUT2D eigenvalue weighted by molar-refractivity contribution is -0.139. The van der Waals surface area contributed by atoms with Crippen molar-refractivity contribution < 1.29 is 14.3 Å². The molecular weight excluding hydrogens is 194 g/mol. The lowest BCUT2D eigenvalue weighted by Crippen LogP contribution is -2.31. The maximum absolute atomic E-state index is 11.9. The van der Waals surface area contributed by atoms with E-state index in [1.807, 2.05) is 0 Å². The number of likely N-dealkylation sites (tertiary alicyclic amines) is 1. The number of nitrogens with zero attached hydrogens (tertiary/aromatic N) is 1. The molecule has 4 nitrogen and oxygen atoms in total. The zero-order valence-electron chi connectivity index (χ0n) is 8.39. The lowest BCUT2D eigenvalue weighted by Gasteiger charge is -2.16. The summed E-state index contributed by atoms with van der Waals surface area (Å²) < 4.78 is 5.36. The van der Waals surface area contributed by atoms with Crippen LogP contribution < -0.4 is 0 Å². The van der Waals surface area contributed by atoms with Crippen molar-refractivity contribution in [2.24, 2.45) is 11.8 Å². The zero-order valence-corrected chi connectivity index (χ0v) is 8.39. The minimum absolute atomic E-state index is 0.0288. The number of epoxide rings is 1. The summed E-state index contributed by atoms with van der Waals surface area (Å²) in [6.45, 7) is 3.91. The van der Waals surface area contributed by atoms with E-state index in [-0.39, 0.29) is 35.9 Å². The van der Waals surface area contributed by atoms with E-state index in [1.54, 1.807) is 6.08 Å². The Morgan fingerprint density at radius 2 is 1.80 bits per heavy atom. The van der Waals surface area contributed by atoms with Crippen LogP contribution >= 0.6 is 0 Å². The molecule has 0 aromatic rings. The molecule has 15 heavy (non-hydrogen) atoms. The summed E-state index contributed by atoms with van der Waals surface area (Å²) in [5.41, 5.74) is 0. The molecule has 0 radical (unpaired) electrons. The first kappa shape index (κ1) is 9.09. The van der Waals surface area contributed by atoms with Gasteiger partial charge in [-0.05, 0) is 12.8 Å². The SMILES string of the molecule is C=CCN1C(=O)[C@H]2C[C@@H]3O[C@@H]3C[C@H]2C1=O. The van der Waals surface area contributed by atoms with Crippen LogP contribution in [0.25, 0.3) is 0 Å². The van der Waals surface area contributed by atoms with Crippen LogP contribution in [0.2, 0.25) is 0 Å². The number of imide groups is 1. The predicted octanol–water partition coefficient (Wildman–Crippen LogP) is 0.335. The topological polar surface area (TPSA) is 49.9 Å². The summed E-state index contributed by atoms with van der Waals surface area (Å²) in [4.78, 5) is 25.2. The molecule has 1 aliphatic carbocycles. The van der Waals surface area contributed by atoms with Gasteiger partial charge < -0.3 is 4.74 Å². The van der Waals surface area contributed by atoms with Crippen LogP contribution in [-0.4, -0.2) is 35.5 Å². The normalized spacial score (nSPS) is 42.5. The molecule has 2 saturated heterocycles. The Balaban J connectivity index is 1.85. The summed E-state index contributed by atoms with van der Waals surface area (Å²) in [7, 11) is 0. The highest BCUT2D eigenvalue weighted by atomic mass is 16.6. The average Bonchev–Trinajstić information content (AvgIpc) is 2.95. The smallest absolute Gasteiger partial charge is 0.233 e. The molecular formula is C11H13NO3. The number of hydrogen-bond donors (Lipinski definition) is 0. The molecule has 0 unspecified atom stereocenters. The van der Waals surface area contributed by atoms with E-state index in [0.717, 1.165) is 12.8 Å². The molecule has 4 atom stereocenters. The van der Waals surface area contributed by atoms with E-state index >= 15 is 0 Å². The first-order valence-electron chi connectivity index (χ1n) is 5.34. The van der Waals surface area contributed by atoms with Gasteiger partial charge in [0.05, 0.1) is 24.0 Å². The second-order valence-corrected chi connectivity index (χ2v) is 4.47. The molecule has 4 heteroatoms. The maximum Gasteiger partial charge on any atom is 0.233 e. The first-order valence-corrected chi connectivity index (χ1v) is 5.34. The molecule has 3 aliphatic rings. The maximum atomic E-state index is 11.9. The van der Waals surface area contributed by atoms with E-state index in [4.69, 9.17) is 4.74 Å². The molecule has 1 saturated carbocycles. The van der Waals surface area contributed by atoms with E-state index in [9.17, 15) is 9.59 Å².